The van der Waals surface area contributed by atoms with Crippen LogP contribution in [-0.4, -0.2) is 36.0 Å². The van der Waals surface area contributed by atoms with E-state index in [9.17, 15) is 9.90 Å². The van der Waals surface area contributed by atoms with Crippen molar-refractivity contribution in [3.63, 3.8) is 0 Å². The first-order valence-corrected chi connectivity index (χ1v) is 14.5. The molecule has 6 rings (SSSR count). The number of fused-ring (bicyclic) bond motifs is 1. The average molecular weight is 562 g/mol. The minimum Gasteiger partial charge on any atom is -0.497 e. The van der Waals surface area contributed by atoms with E-state index in [0.29, 0.717) is 24.6 Å². The van der Waals surface area contributed by atoms with Crippen LogP contribution >= 0.6 is 0 Å². The highest BCUT2D eigenvalue weighted by Crippen LogP contribution is 2.39. The maximum Gasteiger partial charge on any atom is 0.353 e. The predicted molar refractivity (Wildman–Crippen MR) is 165 cm³/mol. The van der Waals surface area contributed by atoms with Crippen LogP contribution in [0.1, 0.15) is 40.9 Å². The third-order valence-electron chi connectivity index (χ3n) is 7.76. The van der Waals surface area contributed by atoms with Crippen molar-refractivity contribution in [1.29, 1.82) is 0 Å². The van der Waals surface area contributed by atoms with Crippen molar-refractivity contribution in [2.75, 3.05) is 20.3 Å². The summed E-state index contributed by atoms with van der Waals surface area (Å²) >= 11 is 0. The Morgan fingerprint density at radius 1 is 0.833 bits per heavy atom. The van der Waals surface area contributed by atoms with Gasteiger partial charge in [0.1, 0.15) is 22.9 Å². The Kier molecular flexibility index (Phi) is 8.13. The van der Waals surface area contributed by atoms with Crippen molar-refractivity contribution >= 4 is 16.9 Å². The van der Waals surface area contributed by atoms with Gasteiger partial charge in [0, 0.05) is 23.0 Å². The molecule has 1 heterocycles. The standard InChI is InChI=1S/C36H35NO5/c1-40-30-11-5-9-27(21-30)23-37-33-19-18-31(41-20-6-10-25-7-3-2-4-8-25)22-32(33)34(35(37)36(38)39)28-14-16-29(17-15-28)42-24-26-12-13-26/h2-5,7-9,11,14-19,21-22,26H,6,10,12-13,20,23-24H2,1H3,(H,38,39). The minimum absolute atomic E-state index is 0.237. The molecule has 0 radical (unpaired) electrons. The summed E-state index contributed by atoms with van der Waals surface area (Å²) in [5, 5.41) is 11.4. The van der Waals surface area contributed by atoms with E-state index in [2.05, 4.69) is 12.1 Å². The van der Waals surface area contributed by atoms with Gasteiger partial charge in [-0.25, -0.2) is 4.79 Å². The van der Waals surface area contributed by atoms with Gasteiger partial charge < -0.3 is 23.9 Å². The molecule has 6 nitrogen and oxygen atoms in total. The molecule has 42 heavy (non-hydrogen) atoms. The third kappa shape index (κ3) is 6.28. The van der Waals surface area contributed by atoms with Crippen LogP contribution in [-0.2, 0) is 13.0 Å². The van der Waals surface area contributed by atoms with E-state index in [1.54, 1.807) is 7.11 Å². The Labute approximate surface area is 246 Å². The fraction of sp³-hybridized carbons (Fsp3) is 0.250. The number of hydrogen-bond donors (Lipinski definition) is 1. The molecule has 0 atom stereocenters. The van der Waals surface area contributed by atoms with Crippen LogP contribution in [0.4, 0.5) is 0 Å². The fourth-order valence-electron chi connectivity index (χ4n) is 5.38. The summed E-state index contributed by atoms with van der Waals surface area (Å²) in [6.07, 6.45) is 4.27. The number of methoxy groups -OCH3 is 1. The first-order valence-electron chi connectivity index (χ1n) is 14.5. The lowest BCUT2D eigenvalue weighted by Crippen LogP contribution is -2.10. The zero-order valence-electron chi connectivity index (χ0n) is 23.8. The molecule has 1 aliphatic rings. The lowest BCUT2D eigenvalue weighted by molar-refractivity contribution is 0.0687. The monoisotopic (exact) mass is 561 g/mol. The third-order valence-corrected chi connectivity index (χ3v) is 7.76. The number of carboxylic acids is 1. The molecule has 1 fully saturated rings. The van der Waals surface area contributed by atoms with E-state index in [1.807, 2.05) is 89.5 Å². The topological polar surface area (TPSA) is 69.9 Å². The number of ether oxygens (including phenoxy) is 3. The Bertz CT molecular complexity index is 1670. The highest BCUT2D eigenvalue weighted by Gasteiger charge is 2.25. The summed E-state index contributed by atoms with van der Waals surface area (Å²) in [4.78, 5) is 12.9. The number of aromatic nitrogens is 1. The molecule has 214 valence electrons. The number of carbonyl (C=O) groups is 1. The molecule has 6 heteroatoms. The molecule has 0 spiro atoms. The zero-order valence-corrected chi connectivity index (χ0v) is 23.8. The molecule has 1 saturated carbocycles. The van der Waals surface area contributed by atoms with Gasteiger partial charge in [-0.1, -0.05) is 54.6 Å². The summed E-state index contributed by atoms with van der Waals surface area (Å²) in [7, 11) is 1.63. The van der Waals surface area contributed by atoms with E-state index in [4.69, 9.17) is 14.2 Å². The van der Waals surface area contributed by atoms with Crippen molar-refractivity contribution < 1.29 is 24.1 Å². The number of aromatic carboxylic acids is 1. The normalized spacial score (nSPS) is 12.8. The number of benzene rings is 4. The van der Waals surface area contributed by atoms with E-state index in [0.717, 1.165) is 58.7 Å². The van der Waals surface area contributed by atoms with Crippen molar-refractivity contribution in [2.24, 2.45) is 5.92 Å². The molecule has 0 amide bonds. The van der Waals surface area contributed by atoms with E-state index in [-0.39, 0.29) is 5.69 Å². The van der Waals surface area contributed by atoms with Gasteiger partial charge >= 0.3 is 5.97 Å². The van der Waals surface area contributed by atoms with Gasteiger partial charge in [0.05, 0.1) is 20.3 Å². The number of hydrogen-bond acceptors (Lipinski definition) is 4. The molecular formula is C36H35NO5. The summed E-state index contributed by atoms with van der Waals surface area (Å²) < 4.78 is 19.4. The second-order valence-electron chi connectivity index (χ2n) is 10.9. The van der Waals surface area contributed by atoms with E-state index < -0.39 is 5.97 Å². The van der Waals surface area contributed by atoms with Crippen molar-refractivity contribution in [3.8, 4) is 28.4 Å². The van der Waals surface area contributed by atoms with Gasteiger partial charge in [0.2, 0.25) is 0 Å². The van der Waals surface area contributed by atoms with Gasteiger partial charge in [-0.2, -0.15) is 0 Å². The molecule has 0 saturated heterocycles. The van der Waals surface area contributed by atoms with Gasteiger partial charge in [-0.15, -0.1) is 0 Å². The minimum atomic E-state index is -0.983. The van der Waals surface area contributed by atoms with Crippen LogP contribution in [0.5, 0.6) is 17.2 Å². The molecule has 1 aliphatic carbocycles. The van der Waals surface area contributed by atoms with Crippen molar-refractivity contribution in [3.05, 3.63) is 114 Å². The van der Waals surface area contributed by atoms with E-state index >= 15 is 0 Å². The lowest BCUT2D eigenvalue weighted by Gasteiger charge is -2.11. The summed E-state index contributed by atoms with van der Waals surface area (Å²) in [5.74, 6) is 1.92. The van der Waals surface area contributed by atoms with E-state index in [1.165, 1.54) is 18.4 Å². The zero-order chi connectivity index (χ0) is 28.9. The molecule has 4 aromatic carbocycles. The molecule has 0 unspecified atom stereocenters. The van der Waals surface area contributed by atoms with Crippen LogP contribution in [0.2, 0.25) is 0 Å². The molecular weight excluding hydrogens is 526 g/mol. The maximum absolute atomic E-state index is 12.9. The fourth-order valence-corrected chi connectivity index (χ4v) is 5.38. The highest BCUT2D eigenvalue weighted by atomic mass is 16.5. The molecule has 1 N–H and O–H groups in total. The Balaban J connectivity index is 1.35. The van der Waals surface area contributed by atoms with Crippen LogP contribution in [0, 0.1) is 5.92 Å². The summed E-state index contributed by atoms with van der Waals surface area (Å²) in [6.45, 7) is 1.68. The smallest absolute Gasteiger partial charge is 0.353 e. The second kappa shape index (κ2) is 12.4. The number of carboxylic acid groups (broad SMARTS) is 1. The number of rotatable bonds is 13. The quantitative estimate of drug-likeness (QED) is 0.148. The first-order chi connectivity index (χ1) is 20.6. The molecule has 5 aromatic rings. The van der Waals surface area contributed by atoms with Gasteiger partial charge in [-0.3, -0.25) is 0 Å². The molecule has 0 aliphatic heterocycles. The van der Waals surface area contributed by atoms with Crippen LogP contribution < -0.4 is 14.2 Å². The van der Waals surface area contributed by atoms with Gasteiger partial charge in [0.25, 0.3) is 0 Å². The lowest BCUT2D eigenvalue weighted by atomic mass is 10.0. The number of nitrogens with zero attached hydrogens (tertiary/aromatic N) is 1. The Morgan fingerprint density at radius 2 is 1.60 bits per heavy atom. The SMILES string of the molecule is COc1cccc(Cn2c(C(=O)O)c(-c3ccc(OCC4CC4)cc3)c3cc(OCCCc4ccccc4)ccc32)c1. The predicted octanol–water partition coefficient (Wildman–Crippen LogP) is 7.86. The average Bonchev–Trinajstić information content (AvgIpc) is 3.80. The van der Waals surface area contributed by atoms with Gasteiger partial charge in [0.15, 0.2) is 0 Å². The highest BCUT2D eigenvalue weighted by molar-refractivity contribution is 6.08. The maximum atomic E-state index is 12.9. The molecule has 0 bridgehead atoms. The Morgan fingerprint density at radius 3 is 2.33 bits per heavy atom. The number of aryl methyl sites for hydroxylation is 1. The molecule has 1 aromatic heterocycles. The van der Waals surface area contributed by atoms with Crippen LogP contribution in [0.15, 0.2) is 97.1 Å². The van der Waals surface area contributed by atoms with Crippen LogP contribution in [0.25, 0.3) is 22.0 Å². The van der Waals surface area contributed by atoms with Crippen LogP contribution in [0.3, 0.4) is 0 Å². The van der Waals surface area contributed by atoms with Crippen molar-refractivity contribution in [2.45, 2.75) is 32.2 Å². The van der Waals surface area contributed by atoms with Gasteiger partial charge in [-0.05, 0) is 90.8 Å². The van der Waals surface area contributed by atoms with Crippen molar-refractivity contribution in [1.82, 2.24) is 4.57 Å². The largest absolute Gasteiger partial charge is 0.497 e. The summed E-state index contributed by atoms with van der Waals surface area (Å²) in [6, 6.07) is 31.7. The summed E-state index contributed by atoms with van der Waals surface area (Å²) in [5.41, 5.74) is 4.79. The second-order valence-corrected chi connectivity index (χ2v) is 10.9. The Hall–Kier alpha value is -4.71. The first kappa shape index (κ1) is 27.5.